The third-order valence-corrected chi connectivity index (χ3v) is 4.71. The van der Waals surface area contributed by atoms with Gasteiger partial charge in [0.1, 0.15) is 0 Å². The molecule has 6 heteroatoms. The second kappa shape index (κ2) is 6.65. The van der Waals surface area contributed by atoms with E-state index in [-0.39, 0.29) is 11.5 Å². The minimum atomic E-state index is -3.66. The summed E-state index contributed by atoms with van der Waals surface area (Å²) in [5.41, 5.74) is 1.01. The highest BCUT2D eigenvalue weighted by atomic mass is 32.2. The number of ether oxygens (including phenoxy) is 1. The average Bonchev–Trinajstić information content (AvgIpc) is 2.27. The maximum absolute atomic E-state index is 11.8. The van der Waals surface area contributed by atoms with E-state index in [2.05, 4.69) is 19.6 Å². The minimum Gasteiger partial charge on any atom is -0.382 e. The Hall–Kier alpha value is -0.693. The van der Waals surface area contributed by atoms with Crippen LogP contribution in [0.3, 0.4) is 0 Å². The summed E-state index contributed by atoms with van der Waals surface area (Å²) in [6.45, 7) is 8.84. The van der Waals surface area contributed by atoms with Gasteiger partial charge in [-0.2, -0.15) is 8.42 Å². The van der Waals surface area contributed by atoms with E-state index < -0.39 is 18.2 Å². The second-order valence-corrected chi connectivity index (χ2v) is 12.7. The van der Waals surface area contributed by atoms with E-state index in [1.54, 1.807) is 24.3 Å². The predicted octanol–water partition coefficient (Wildman–Crippen LogP) is 2.59. The van der Waals surface area contributed by atoms with Gasteiger partial charge in [0.2, 0.25) is 0 Å². The molecule has 0 aliphatic carbocycles. The van der Waals surface area contributed by atoms with Gasteiger partial charge in [-0.25, -0.2) is 0 Å². The Morgan fingerprint density at radius 3 is 2.16 bits per heavy atom. The minimum absolute atomic E-state index is 0.0562. The highest BCUT2D eigenvalue weighted by molar-refractivity contribution is 7.86. The molecule has 0 aliphatic rings. The molecule has 108 valence electrons. The number of benzene rings is 1. The Labute approximate surface area is 116 Å². The van der Waals surface area contributed by atoms with E-state index >= 15 is 0 Å². The normalized spacial score (nSPS) is 12.6. The van der Waals surface area contributed by atoms with Crippen molar-refractivity contribution in [2.75, 3.05) is 19.4 Å². The largest absolute Gasteiger partial charge is 0.382 e. The Kier molecular flexibility index (Phi) is 5.73. The SMILES string of the molecule is Cc1ccc(S(=O)(=O)OCCOC[Si](C)(C)C)cc1. The lowest BCUT2D eigenvalue weighted by atomic mass is 10.2. The Morgan fingerprint density at radius 2 is 1.63 bits per heavy atom. The van der Waals surface area contributed by atoms with Gasteiger partial charge in [0, 0.05) is 6.23 Å². The van der Waals surface area contributed by atoms with Gasteiger partial charge in [-0.1, -0.05) is 37.3 Å². The maximum Gasteiger partial charge on any atom is 0.297 e. The summed E-state index contributed by atoms with van der Waals surface area (Å²) < 4.78 is 34.0. The Morgan fingerprint density at radius 1 is 1.05 bits per heavy atom. The van der Waals surface area contributed by atoms with Crippen molar-refractivity contribution >= 4 is 18.2 Å². The molecule has 0 spiro atoms. The first-order valence-electron chi connectivity index (χ1n) is 6.25. The molecule has 4 nitrogen and oxygen atoms in total. The highest BCUT2D eigenvalue weighted by Crippen LogP contribution is 2.13. The smallest absolute Gasteiger partial charge is 0.297 e. The van der Waals surface area contributed by atoms with Gasteiger partial charge in [0.15, 0.2) is 0 Å². The summed E-state index contributed by atoms with van der Waals surface area (Å²) in [7, 11) is -4.91. The molecule has 1 rings (SSSR count). The van der Waals surface area contributed by atoms with Crippen LogP contribution >= 0.6 is 0 Å². The molecule has 0 atom stereocenters. The molecule has 0 aliphatic heterocycles. The first kappa shape index (κ1) is 16.4. The van der Waals surface area contributed by atoms with Crippen LogP contribution in [0.25, 0.3) is 0 Å². The van der Waals surface area contributed by atoms with Crippen LogP contribution in [-0.4, -0.2) is 35.9 Å². The molecule has 1 aromatic rings. The summed E-state index contributed by atoms with van der Waals surface area (Å²) >= 11 is 0. The third-order valence-electron chi connectivity index (χ3n) is 2.31. The molecule has 0 saturated heterocycles. The summed E-state index contributed by atoms with van der Waals surface area (Å²) in [5, 5.41) is 0. The molecule has 0 N–H and O–H groups in total. The topological polar surface area (TPSA) is 52.6 Å². The first-order valence-corrected chi connectivity index (χ1v) is 11.4. The zero-order chi connectivity index (χ0) is 14.5. The fraction of sp³-hybridized carbons (Fsp3) is 0.538. The molecule has 0 radical (unpaired) electrons. The van der Waals surface area contributed by atoms with Crippen molar-refractivity contribution in [3.63, 3.8) is 0 Å². The van der Waals surface area contributed by atoms with Gasteiger partial charge >= 0.3 is 0 Å². The lowest BCUT2D eigenvalue weighted by Crippen LogP contribution is -2.29. The number of aryl methyl sites for hydroxylation is 1. The lowest BCUT2D eigenvalue weighted by Gasteiger charge is -2.15. The van der Waals surface area contributed by atoms with E-state index in [4.69, 9.17) is 8.92 Å². The van der Waals surface area contributed by atoms with Gasteiger partial charge in [-0.05, 0) is 19.1 Å². The molecular formula is C13H22O4SSi. The van der Waals surface area contributed by atoms with Crippen molar-refractivity contribution < 1.29 is 17.3 Å². The lowest BCUT2D eigenvalue weighted by molar-refractivity contribution is 0.131. The third kappa shape index (κ3) is 6.33. The average molecular weight is 302 g/mol. The van der Waals surface area contributed by atoms with E-state index in [0.717, 1.165) is 5.56 Å². The monoisotopic (exact) mass is 302 g/mol. The van der Waals surface area contributed by atoms with Crippen LogP contribution in [0.4, 0.5) is 0 Å². The standard InChI is InChI=1S/C13H22O4SSi/c1-12-5-7-13(8-6-12)18(14,15)17-10-9-16-11-19(2,3)4/h5-8H,9-11H2,1-4H3. The summed E-state index contributed by atoms with van der Waals surface area (Å²) in [4.78, 5) is 0.184. The molecule has 0 saturated carbocycles. The van der Waals surface area contributed by atoms with Crippen LogP contribution in [0.1, 0.15) is 5.56 Å². The van der Waals surface area contributed by atoms with Crippen molar-refractivity contribution in [2.24, 2.45) is 0 Å². The molecule has 0 heterocycles. The van der Waals surface area contributed by atoms with Crippen LogP contribution < -0.4 is 0 Å². The Balaban J connectivity index is 2.42. The van der Waals surface area contributed by atoms with Crippen molar-refractivity contribution in [1.82, 2.24) is 0 Å². The number of hydrogen-bond donors (Lipinski definition) is 0. The summed E-state index contributed by atoms with van der Waals surface area (Å²) in [5.74, 6) is 0. The zero-order valence-electron chi connectivity index (χ0n) is 12.0. The van der Waals surface area contributed by atoms with Crippen molar-refractivity contribution in [2.45, 2.75) is 31.5 Å². The van der Waals surface area contributed by atoms with Gasteiger partial charge in [-0.3, -0.25) is 4.18 Å². The molecule has 0 fully saturated rings. The summed E-state index contributed by atoms with van der Waals surface area (Å²) in [6, 6.07) is 6.59. The quantitative estimate of drug-likeness (QED) is 0.441. The fourth-order valence-corrected chi connectivity index (χ4v) is 3.00. The van der Waals surface area contributed by atoms with Gasteiger partial charge in [0.25, 0.3) is 10.1 Å². The fourth-order valence-electron chi connectivity index (χ4n) is 1.35. The zero-order valence-corrected chi connectivity index (χ0v) is 13.8. The molecule has 0 unspecified atom stereocenters. The van der Waals surface area contributed by atoms with Gasteiger partial charge in [-0.15, -0.1) is 0 Å². The first-order chi connectivity index (χ1) is 8.71. The number of hydrogen-bond acceptors (Lipinski definition) is 4. The molecule has 0 amide bonds. The number of rotatable bonds is 7. The highest BCUT2D eigenvalue weighted by Gasteiger charge is 2.16. The van der Waals surface area contributed by atoms with Crippen LogP contribution in [0.2, 0.25) is 19.6 Å². The van der Waals surface area contributed by atoms with E-state index in [9.17, 15) is 8.42 Å². The van der Waals surface area contributed by atoms with Crippen molar-refractivity contribution in [1.29, 1.82) is 0 Å². The molecule has 0 aromatic heterocycles. The maximum atomic E-state index is 11.8. The molecule has 0 bridgehead atoms. The van der Waals surface area contributed by atoms with Crippen LogP contribution in [0.15, 0.2) is 29.2 Å². The Bertz CT molecular complexity index is 488. The van der Waals surface area contributed by atoms with Crippen LogP contribution in [-0.2, 0) is 19.0 Å². The molecular weight excluding hydrogens is 280 g/mol. The summed E-state index contributed by atoms with van der Waals surface area (Å²) in [6.07, 6.45) is 0.709. The predicted molar refractivity (Wildman–Crippen MR) is 78.5 cm³/mol. The van der Waals surface area contributed by atoms with Gasteiger partial charge < -0.3 is 4.74 Å². The van der Waals surface area contributed by atoms with Crippen molar-refractivity contribution in [3.05, 3.63) is 29.8 Å². The van der Waals surface area contributed by atoms with Crippen LogP contribution in [0, 0.1) is 6.92 Å². The second-order valence-electron chi connectivity index (χ2n) is 5.70. The molecule has 19 heavy (non-hydrogen) atoms. The van der Waals surface area contributed by atoms with E-state index in [1.165, 1.54) is 0 Å². The van der Waals surface area contributed by atoms with Crippen LogP contribution in [0.5, 0.6) is 0 Å². The van der Waals surface area contributed by atoms with Crippen molar-refractivity contribution in [3.8, 4) is 0 Å². The van der Waals surface area contributed by atoms with E-state index in [0.29, 0.717) is 12.8 Å². The molecule has 1 aromatic carbocycles. The van der Waals surface area contributed by atoms with Gasteiger partial charge in [0.05, 0.1) is 26.2 Å². The van der Waals surface area contributed by atoms with E-state index in [1.807, 2.05) is 6.92 Å².